The molecule has 0 N–H and O–H groups in total. The summed E-state index contributed by atoms with van der Waals surface area (Å²) in [7, 11) is 1.38. The van der Waals surface area contributed by atoms with Gasteiger partial charge in [-0.05, 0) is 12.8 Å². The van der Waals surface area contributed by atoms with Crippen molar-refractivity contribution in [2.75, 3.05) is 54.1 Å². The highest BCUT2D eigenvalue weighted by molar-refractivity contribution is 7.45. The lowest BCUT2D eigenvalue weighted by Crippen LogP contribution is -2.37. The van der Waals surface area contributed by atoms with Crippen LogP contribution < -0.4 is 4.89 Å². The number of carbonyl (C=O) groups excluding carboxylic acids is 1. The Morgan fingerprint density at radius 1 is 0.458 bits per heavy atom. The molecule has 8 nitrogen and oxygen atoms in total. The molecule has 2 atom stereocenters. The molecule has 0 aromatic heterocycles. The zero-order valence-corrected chi connectivity index (χ0v) is 41.1. The maximum atomic E-state index is 12.7. The number of esters is 1. The van der Waals surface area contributed by atoms with E-state index in [4.69, 9.17) is 18.5 Å². The first-order valence-electron chi connectivity index (χ1n) is 25.8. The summed E-state index contributed by atoms with van der Waals surface area (Å²) < 4.78 is 34.8. The van der Waals surface area contributed by atoms with E-state index in [0.29, 0.717) is 24.1 Å². The van der Waals surface area contributed by atoms with Crippen LogP contribution in [0.1, 0.15) is 258 Å². The van der Waals surface area contributed by atoms with Gasteiger partial charge in [0.1, 0.15) is 19.3 Å². The second-order valence-electron chi connectivity index (χ2n) is 18.9. The lowest BCUT2D eigenvalue weighted by Gasteiger charge is -2.28. The smallest absolute Gasteiger partial charge is 0.306 e. The fourth-order valence-electron chi connectivity index (χ4n) is 7.67. The number of nitrogens with zero attached hydrogens (tertiary/aromatic N) is 1. The normalized spacial score (nSPS) is 13.5. The molecule has 0 aliphatic heterocycles. The molecule has 0 saturated carbocycles. The van der Waals surface area contributed by atoms with Crippen molar-refractivity contribution in [1.82, 2.24) is 0 Å². The Morgan fingerprint density at radius 2 is 0.780 bits per heavy atom. The predicted octanol–water partition coefficient (Wildman–Crippen LogP) is 15.0. The number of likely N-dealkylation sites (N-methyl/N-ethyl adjacent to an activating group) is 1. The van der Waals surface area contributed by atoms with E-state index in [1.54, 1.807) is 0 Å². The fraction of sp³-hybridized carbons (Fsp3) is 0.980. The van der Waals surface area contributed by atoms with Crippen LogP contribution in [0.2, 0.25) is 0 Å². The summed E-state index contributed by atoms with van der Waals surface area (Å²) in [6, 6.07) is 0. The molecular formula is C50H102NO7P. The highest BCUT2D eigenvalue weighted by Crippen LogP contribution is 2.38. The Kier molecular flexibility index (Phi) is 43.7. The van der Waals surface area contributed by atoms with Gasteiger partial charge in [0, 0.05) is 13.0 Å². The van der Waals surface area contributed by atoms with Crippen molar-refractivity contribution in [1.29, 1.82) is 0 Å². The van der Waals surface area contributed by atoms with E-state index in [9.17, 15) is 14.3 Å². The molecule has 0 aromatic rings. The molecule has 0 fully saturated rings. The minimum absolute atomic E-state index is 0.0317. The summed E-state index contributed by atoms with van der Waals surface area (Å²) in [4.78, 5) is 25.1. The van der Waals surface area contributed by atoms with E-state index in [0.717, 1.165) is 32.1 Å². The summed E-state index contributed by atoms with van der Waals surface area (Å²) in [6.07, 6.45) is 48.3. The first-order chi connectivity index (χ1) is 28.6. The minimum atomic E-state index is -4.52. The number of hydrogen-bond acceptors (Lipinski definition) is 7. The van der Waals surface area contributed by atoms with E-state index >= 15 is 0 Å². The van der Waals surface area contributed by atoms with Crippen LogP contribution in [0, 0.1) is 0 Å². The summed E-state index contributed by atoms with van der Waals surface area (Å²) in [6.45, 7) is 5.49. The summed E-state index contributed by atoms with van der Waals surface area (Å²) in [5.74, 6) is -0.325. The monoisotopic (exact) mass is 860 g/mol. The van der Waals surface area contributed by atoms with Crippen LogP contribution in [-0.2, 0) is 27.9 Å². The molecule has 0 aliphatic rings. The molecule has 0 rings (SSSR count). The van der Waals surface area contributed by atoms with Crippen LogP contribution in [0.5, 0.6) is 0 Å². The third kappa shape index (κ3) is 48.4. The number of hydrogen-bond donors (Lipinski definition) is 0. The van der Waals surface area contributed by atoms with Crippen LogP contribution in [-0.4, -0.2) is 70.7 Å². The fourth-order valence-corrected chi connectivity index (χ4v) is 8.40. The molecule has 0 bridgehead atoms. The topological polar surface area (TPSA) is 94.1 Å². The van der Waals surface area contributed by atoms with Crippen LogP contribution >= 0.6 is 7.82 Å². The maximum Gasteiger partial charge on any atom is 0.306 e. The van der Waals surface area contributed by atoms with Crippen LogP contribution in [0.4, 0.5) is 0 Å². The molecule has 59 heavy (non-hydrogen) atoms. The van der Waals surface area contributed by atoms with Gasteiger partial charge in [-0.15, -0.1) is 0 Å². The van der Waals surface area contributed by atoms with Crippen molar-refractivity contribution in [3.8, 4) is 0 Å². The number of phosphoric acid groups is 1. The van der Waals surface area contributed by atoms with Crippen molar-refractivity contribution in [3.63, 3.8) is 0 Å². The minimum Gasteiger partial charge on any atom is -0.756 e. The number of ether oxygens (including phenoxy) is 2. The van der Waals surface area contributed by atoms with Crippen LogP contribution in [0.15, 0.2) is 0 Å². The van der Waals surface area contributed by atoms with Gasteiger partial charge in [-0.25, -0.2) is 0 Å². The van der Waals surface area contributed by atoms with Gasteiger partial charge < -0.3 is 27.9 Å². The number of phosphoric ester groups is 1. The zero-order valence-electron chi connectivity index (χ0n) is 40.2. The van der Waals surface area contributed by atoms with Gasteiger partial charge in [-0.2, -0.15) is 0 Å². The summed E-state index contributed by atoms with van der Waals surface area (Å²) in [5.41, 5.74) is 0. The van der Waals surface area contributed by atoms with E-state index in [-0.39, 0.29) is 25.8 Å². The predicted molar refractivity (Wildman–Crippen MR) is 250 cm³/mol. The van der Waals surface area contributed by atoms with Gasteiger partial charge in [-0.1, -0.05) is 239 Å². The highest BCUT2D eigenvalue weighted by Gasteiger charge is 2.20. The lowest BCUT2D eigenvalue weighted by molar-refractivity contribution is -0.870. The second-order valence-corrected chi connectivity index (χ2v) is 20.3. The summed E-state index contributed by atoms with van der Waals surface area (Å²) >= 11 is 0. The van der Waals surface area contributed by atoms with Gasteiger partial charge in [-0.3, -0.25) is 9.36 Å². The summed E-state index contributed by atoms with van der Waals surface area (Å²) in [5, 5.41) is 0. The molecule has 1 unspecified atom stereocenters. The van der Waals surface area contributed by atoms with Gasteiger partial charge >= 0.3 is 5.97 Å². The van der Waals surface area contributed by atoms with Gasteiger partial charge in [0.25, 0.3) is 7.82 Å². The van der Waals surface area contributed by atoms with Crippen LogP contribution in [0.25, 0.3) is 0 Å². The van der Waals surface area contributed by atoms with Crippen molar-refractivity contribution in [2.24, 2.45) is 0 Å². The largest absolute Gasteiger partial charge is 0.756 e. The molecule has 0 aromatic carbocycles. The Morgan fingerprint density at radius 3 is 1.12 bits per heavy atom. The number of unbranched alkanes of at least 4 members (excludes halogenated alkanes) is 35. The van der Waals surface area contributed by atoms with E-state index in [2.05, 4.69) is 13.8 Å². The number of carbonyl (C=O) groups is 1. The standard InChI is InChI=1S/C50H102NO7P/c1-6-8-10-12-14-16-18-20-22-24-25-26-28-30-32-34-36-38-40-42-45-55-47-49(48-57-59(53,54)56-46-44-51(3,4)5)58-50(52)43-41-39-37-35-33-31-29-27-23-21-19-17-15-13-11-9-7-2/h49H,6-48H2,1-5H3/t49-/m1/s1. The van der Waals surface area contributed by atoms with Gasteiger partial charge in [0.05, 0.1) is 34.4 Å². The third-order valence-electron chi connectivity index (χ3n) is 11.7. The molecule has 9 heteroatoms. The van der Waals surface area contributed by atoms with Crippen molar-refractivity contribution in [3.05, 3.63) is 0 Å². The highest BCUT2D eigenvalue weighted by atomic mass is 31.2. The van der Waals surface area contributed by atoms with Crippen LogP contribution in [0.3, 0.4) is 0 Å². The number of quaternary nitrogens is 1. The van der Waals surface area contributed by atoms with Crippen molar-refractivity contribution >= 4 is 13.8 Å². The van der Waals surface area contributed by atoms with E-state index < -0.39 is 13.9 Å². The first kappa shape index (κ1) is 58.5. The Labute approximate surface area is 368 Å². The number of rotatable bonds is 49. The SMILES string of the molecule is CCCCCCCCCCCCCCCCCCCCCCOC[C@H](COP(=O)([O-])OCC[N+](C)(C)C)OC(=O)CCCCCCCCCCCCCCCCCCC. The molecular weight excluding hydrogens is 758 g/mol. The van der Waals surface area contributed by atoms with Crippen molar-refractivity contribution in [2.45, 2.75) is 264 Å². The Bertz CT molecular complexity index is 914. The molecule has 0 heterocycles. The second kappa shape index (κ2) is 44.1. The van der Waals surface area contributed by atoms with Gasteiger partial charge in [0.15, 0.2) is 0 Å². The Hall–Kier alpha value is -0.500. The first-order valence-corrected chi connectivity index (χ1v) is 27.2. The van der Waals surface area contributed by atoms with Gasteiger partial charge in [0.2, 0.25) is 0 Å². The quantitative estimate of drug-likeness (QED) is 0.0260. The molecule has 0 amide bonds. The van der Waals surface area contributed by atoms with Crippen molar-refractivity contribution < 1.29 is 37.3 Å². The maximum absolute atomic E-state index is 12.7. The molecule has 0 spiro atoms. The average molecular weight is 860 g/mol. The van der Waals surface area contributed by atoms with E-state index in [1.807, 2.05) is 21.1 Å². The molecule has 0 radical (unpaired) electrons. The van der Waals surface area contributed by atoms with E-state index in [1.165, 1.54) is 205 Å². The molecule has 0 aliphatic carbocycles. The molecule has 0 saturated heterocycles. The zero-order chi connectivity index (χ0) is 43.4. The Balaban J connectivity index is 4.08. The average Bonchev–Trinajstić information content (AvgIpc) is 3.19. The third-order valence-corrected chi connectivity index (χ3v) is 12.6. The lowest BCUT2D eigenvalue weighted by atomic mass is 10.0. The molecule has 354 valence electrons.